The summed E-state index contributed by atoms with van der Waals surface area (Å²) < 4.78 is 26.0. The molecule has 1 radical (unpaired) electrons. The molecule has 0 aliphatic carbocycles. The maximum absolute atomic E-state index is 13.0. The molecule has 4 N–H and O–H groups in total. The third kappa shape index (κ3) is 2.84. The summed E-state index contributed by atoms with van der Waals surface area (Å²) in [6, 6.07) is 4.26. The first-order chi connectivity index (χ1) is 9.88. The van der Waals surface area contributed by atoms with Gasteiger partial charge in [0.05, 0.1) is 18.5 Å². The number of hydrogen-bond acceptors (Lipinski definition) is 5. The van der Waals surface area contributed by atoms with Crippen LogP contribution in [-0.4, -0.2) is 33.2 Å². The zero-order chi connectivity index (χ0) is 15.6. The van der Waals surface area contributed by atoms with E-state index in [2.05, 4.69) is 16.2 Å². The van der Waals surface area contributed by atoms with Crippen LogP contribution >= 0.6 is 0 Å². The molecule has 7 heteroatoms. The van der Waals surface area contributed by atoms with Crippen molar-refractivity contribution in [2.45, 2.75) is 19.0 Å². The monoisotopic (exact) mass is 294 g/mol. The van der Waals surface area contributed by atoms with Gasteiger partial charge in [-0.2, -0.15) is 0 Å². The molecule has 1 aromatic carbocycles. The van der Waals surface area contributed by atoms with Gasteiger partial charge >= 0.3 is 0 Å². The minimum Gasteiger partial charge on any atom is -0.393 e. The lowest BCUT2D eigenvalue weighted by molar-refractivity contribution is -0.129. The lowest BCUT2D eigenvalue weighted by Crippen LogP contribution is -2.38. The van der Waals surface area contributed by atoms with Crippen molar-refractivity contribution in [3.63, 3.8) is 0 Å². The number of anilines is 1. The zero-order valence-electron chi connectivity index (χ0n) is 11.2. The number of benzene rings is 1. The molecule has 21 heavy (non-hydrogen) atoms. The fourth-order valence-corrected chi connectivity index (χ4v) is 1.89. The Balaban J connectivity index is 2.54. The van der Waals surface area contributed by atoms with Crippen LogP contribution in [0, 0.1) is 13.1 Å². The standard InChI is InChI=1S/C14H14F2N3O2/c1-8-2-3-9(14(21,7-20)13(15)16)4-10(8)11-5-19-12(17)6-18-11/h2-5,13,20-21H,7H2,1H3,(H2,17,19)/t14-/m1/s1. The number of aliphatic hydroxyl groups excluding tert-OH is 1. The van der Waals surface area contributed by atoms with Gasteiger partial charge in [0.1, 0.15) is 6.20 Å². The number of alkyl halides is 2. The largest absolute Gasteiger partial charge is 0.393 e. The van der Waals surface area contributed by atoms with Gasteiger partial charge in [-0.1, -0.05) is 12.1 Å². The molecule has 1 atom stereocenters. The van der Waals surface area contributed by atoms with E-state index in [-0.39, 0.29) is 11.4 Å². The van der Waals surface area contributed by atoms with Crippen molar-refractivity contribution < 1.29 is 19.0 Å². The van der Waals surface area contributed by atoms with E-state index < -0.39 is 18.6 Å². The molecule has 0 saturated heterocycles. The highest BCUT2D eigenvalue weighted by atomic mass is 19.3. The van der Waals surface area contributed by atoms with E-state index in [4.69, 9.17) is 10.8 Å². The minimum atomic E-state index is -3.12. The molecule has 1 aromatic heterocycles. The summed E-state index contributed by atoms with van der Waals surface area (Å²) in [4.78, 5) is 7.80. The highest BCUT2D eigenvalue weighted by Gasteiger charge is 2.39. The van der Waals surface area contributed by atoms with Crippen LogP contribution in [0.15, 0.2) is 24.4 Å². The molecule has 0 aliphatic rings. The Labute approximate surface area is 120 Å². The van der Waals surface area contributed by atoms with Crippen molar-refractivity contribution in [1.29, 1.82) is 0 Å². The van der Waals surface area contributed by atoms with E-state index in [9.17, 15) is 13.9 Å². The Morgan fingerprint density at radius 2 is 2.14 bits per heavy atom. The molecule has 2 rings (SSSR count). The first kappa shape index (κ1) is 15.3. The number of aliphatic hydroxyl groups is 2. The summed E-state index contributed by atoms with van der Waals surface area (Å²) in [5.74, 6) is 0.118. The second-order valence-corrected chi connectivity index (χ2v) is 4.67. The smallest absolute Gasteiger partial charge is 0.273 e. The summed E-state index contributed by atoms with van der Waals surface area (Å²) in [5.41, 5.74) is 4.33. The molecule has 0 saturated carbocycles. The number of aryl methyl sites for hydroxylation is 1. The second kappa shape index (κ2) is 5.71. The Kier molecular flexibility index (Phi) is 4.15. The molecule has 5 nitrogen and oxygen atoms in total. The van der Waals surface area contributed by atoms with Crippen molar-refractivity contribution in [2.24, 2.45) is 0 Å². The molecule has 0 unspecified atom stereocenters. The highest BCUT2D eigenvalue weighted by molar-refractivity contribution is 5.64. The third-order valence-corrected chi connectivity index (χ3v) is 3.23. The van der Waals surface area contributed by atoms with Crippen LogP contribution in [0.3, 0.4) is 0 Å². The van der Waals surface area contributed by atoms with Crippen molar-refractivity contribution >= 4 is 5.82 Å². The summed E-state index contributed by atoms with van der Waals surface area (Å²) in [7, 11) is 0. The topological polar surface area (TPSA) is 92.3 Å². The molecule has 0 amide bonds. The quantitative estimate of drug-likeness (QED) is 0.790. The number of nitrogens with zero attached hydrogens (tertiary/aromatic N) is 2. The van der Waals surface area contributed by atoms with Crippen LogP contribution < -0.4 is 5.73 Å². The number of aromatic nitrogens is 2. The molecule has 2 aromatic rings. The van der Waals surface area contributed by atoms with Crippen LogP contribution in [0.4, 0.5) is 14.6 Å². The zero-order valence-corrected chi connectivity index (χ0v) is 11.2. The Morgan fingerprint density at radius 3 is 2.67 bits per heavy atom. The highest BCUT2D eigenvalue weighted by Crippen LogP contribution is 2.32. The molecule has 0 spiro atoms. The molecule has 0 bridgehead atoms. The van der Waals surface area contributed by atoms with Crippen LogP contribution in [0.2, 0.25) is 0 Å². The van der Waals surface area contributed by atoms with Crippen molar-refractivity contribution in [3.05, 3.63) is 41.7 Å². The van der Waals surface area contributed by atoms with Gasteiger partial charge in [-0.05, 0) is 24.1 Å². The van der Waals surface area contributed by atoms with Crippen LogP contribution in [-0.2, 0) is 5.60 Å². The maximum Gasteiger partial charge on any atom is 0.273 e. The SMILES string of the molecule is Cc1ccc([C@](O)(CO)C(F)F)cc1-c1cnc(N)[c]n1. The minimum absolute atomic E-state index is 0.0979. The summed E-state index contributed by atoms with van der Waals surface area (Å²) in [5, 5.41) is 19.0. The normalized spacial score (nSPS) is 14.2. The van der Waals surface area contributed by atoms with Gasteiger partial charge in [-0.15, -0.1) is 0 Å². The predicted molar refractivity (Wildman–Crippen MR) is 72.4 cm³/mol. The van der Waals surface area contributed by atoms with Gasteiger partial charge in [0, 0.05) is 5.56 Å². The van der Waals surface area contributed by atoms with E-state index >= 15 is 0 Å². The third-order valence-electron chi connectivity index (χ3n) is 3.23. The molecule has 0 fully saturated rings. The fourth-order valence-electron chi connectivity index (χ4n) is 1.89. The van der Waals surface area contributed by atoms with Crippen LogP contribution in [0.1, 0.15) is 11.1 Å². The number of halogens is 2. The summed E-state index contributed by atoms with van der Waals surface area (Å²) in [6.07, 6.45) is 0.741. The van der Waals surface area contributed by atoms with Crippen molar-refractivity contribution in [3.8, 4) is 11.3 Å². The molecule has 1 heterocycles. The predicted octanol–water partition coefficient (Wildman–Crippen LogP) is 1.28. The second-order valence-electron chi connectivity index (χ2n) is 4.67. The van der Waals surface area contributed by atoms with Crippen LogP contribution in [0.25, 0.3) is 11.3 Å². The Morgan fingerprint density at radius 1 is 1.43 bits per heavy atom. The van der Waals surface area contributed by atoms with Crippen molar-refractivity contribution in [2.75, 3.05) is 12.3 Å². The van der Waals surface area contributed by atoms with E-state index in [0.717, 1.165) is 5.56 Å². The summed E-state index contributed by atoms with van der Waals surface area (Å²) >= 11 is 0. The number of rotatable bonds is 4. The van der Waals surface area contributed by atoms with E-state index in [1.165, 1.54) is 18.3 Å². The number of nitrogen functional groups attached to an aromatic ring is 1. The van der Waals surface area contributed by atoms with Gasteiger partial charge in [0.15, 0.2) is 11.4 Å². The number of nitrogens with two attached hydrogens (primary N) is 1. The van der Waals surface area contributed by atoms with Gasteiger partial charge in [-0.25, -0.2) is 18.7 Å². The van der Waals surface area contributed by atoms with Crippen LogP contribution in [0.5, 0.6) is 0 Å². The Hall–Kier alpha value is -2.12. The first-order valence-corrected chi connectivity index (χ1v) is 6.11. The molecule has 0 aliphatic heterocycles. The molecular formula is C14H14F2N3O2. The van der Waals surface area contributed by atoms with Gasteiger partial charge in [0.25, 0.3) is 6.43 Å². The Bertz CT molecular complexity index is 635. The van der Waals surface area contributed by atoms with E-state index in [1.54, 1.807) is 13.0 Å². The molecule has 111 valence electrons. The first-order valence-electron chi connectivity index (χ1n) is 6.11. The fraction of sp³-hybridized carbons (Fsp3) is 0.286. The maximum atomic E-state index is 13.0. The summed E-state index contributed by atoms with van der Waals surface area (Å²) in [6.45, 7) is 0.671. The number of hydrogen-bond donors (Lipinski definition) is 3. The van der Waals surface area contributed by atoms with E-state index in [0.29, 0.717) is 11.3 Å². The van der Waals surface area contributed by atoms with Gasteiger partial charge < -0.3 is 15.9 Å². The lowest BCUT2D eigenvalue weighted by atomic mass is 9.91. The average molecular weight is 294 g/mol. The van der Waals surface area contributed by atoms with Gasteiger partial charge in [-0.3, -0.25) is 0 Å². The van der Waals surface area contributed by atoms with Gasteiger partial charge in [0.2, 0.25) is 0 Å². The lowest BCUT2D eigenvalue weighted by Gasteiger charge is -2.26. The van der Waals surface area contributed by atoms with E-state index in [1.807, 2.05) is 0 Å². The van der Waals surface area contributed by atoms with Crippen molar-refractivity contribution in [1.82, 2.24) is 9.97 Å². The average Bonchev–Trinajstić information content (AvgIpc) is 2.47. The molecular weight excluding hydrogens is 280 g/mol.